The number of nitrogens with zero attached hydrogens (tertiary/aromatic N) is 1. The number of nitro groups is 1. The molecule has 0 bridgehead atoms. The normalized spacial score (nSPS) is 12.7. The van der Waals surface area contributed by atoms with Crippen LogP contribution in [-0.2, 0) is 14.8 Å². The van der Waals surface area contributed by atoms with E-state index in [1.54, 1.807) is 0 Å². The smallest absolute Gasteiger partial charge is 0.404 e. The summed E-state index contributed by atoms with van der Waals surface area (Å²) in [5.41, 5.74) is 4.57. The quantitative estimate of drug-likeness (QED) is 0.573. The second-order valence-electron chi connectivity index (χ2n) is 3.85. The van der Waals surface area contributed by atoms with Crippen molar-refractivity contribution in [3.63, 3.8) is 0 Å². The summed E-state index contributed by atoms with van der Waals surface area (Å²) >= 11 is 0. The third-order valence-electron chi connectivity index (χ3n) is 2.24. The van der Waals surface area contributed by atoms with Crippen molar-refractivity contribution in [1.29, 1.82) is 0 Å². The average molecular weight is 303 g/mol. The largest absolute Gasteiger partial charge is 0.445 e. The maximum Gasteiger partial charge on any atom is 0.404 e. The van der Waals surface area contributed by atoms with Gasteiger partial charge in [0.15, 0.2) is 0 Å². The highest BCUT2D eigenvalue weighted by Crippen LogP contribution is 2.15. The lowest BCUT2D eigenvalue weighted by atomic mass is 10.3. The van der Waals surface area contributed by atoms with Crippen molar-refractivity contribution in [2.24, 2.45) is 5.73 Å². The zero-order valence-electron chi connectivity index (χ0n) is 10.5. The molecule has 0 fully saturated rings. The summed E-state index contributed by atoms with van der Waals surface area (Å²) in [5.74, 6) is 0. The SMILES string of the molecule is CC(CNS(=O)(=O)c1ccc([N+](=O)[O-])cc1)OC(N)=O. The number of hydrogen-bond acceptors (Lipinski definition) is 6. The van der Waals surface area contributed by atoms with Crippen molar-refractivity contribution in [1.82, 2.24) is 4.72 Å². The van der Waals surface area contributed by atoms with E-state index in [1.807, 2.05) is 0 Å². The molecule has 1 amide bonds. The van der Waals surface area contributed by atoms with Crippen LogP contribution >= 0.6 is 0 Å². The number of sulfonamides is 1. The van der Waals surface area contributed by atoms with Gasteiger partial charge in [0, 0.05) is 18.7 Å². The van der Waals surface area contributed by atoms with Crippen molar-refractivity contribution in [3.8, 4) is 0 Å². The first-order valence-corrected chi connectivity index (χ1v) is 6.91. The van der Waals surface area contributed by atoms with E-state index in [1.165, 1.54) is 6.92 Å². The maximum atomic E-state index is 11.9. The standard InChI is InChI=1S/C10H13N3O6S/c1-7(19-10(11)14)6-12-20(17,18)9-4-2-8(3-5-9)13(15)16/h2-5,7,12H,6H2,1H3,(H2,11,14). The number of nitrogens with two attached hydrogens (primary N) is 1. The molecule has 0 aliphatic rings. The number of carbonyl (C=O) groups is 1. The van der Waals surface area contributed by atoms with Crippen molar-refractivity contribution >= 4 is 21.8 Å². The lowest BCUT2D eigenvalue weighted by molar-refractivity contribution is -0.384. The van der Waals surface area contributed by atoms with Crippen LogP contribution in [0.1, 0.15) is 6.92 Å². The Balaban J connectivity index is 2.73. The van der Waals surface area contributed by atoms with Crippen LogP contribution in [0.15, 0.2) is 29.2 Å². The Kier molecular flexibility index (Phi) is 5.00. The lowest BCUT2D eigenvalue weighted by Crippen LogP contribution is -2.34. The van der Waals surface area contributed by atoms with Crippen molar-refractivity contribution < 1.29 is 22.9 Å². The summed E-state index contributed by atoms with van der Waals surface area (Å²) in [5, 5.41) is 10.5. The molecule has 0 heterocycles. The molecule has 0 aliphatic carbocycles. The molecular formula is C10H13N3O6S. The number of nitrogens with one attached hydrogen (secondary N) is 1. The summed E-state index contributed by atoms with van der Waals surface area (Å²) in [4.78, 5) is 20.2. The first kappa shape index (κ1) is 15.9. The number of hydrogen-bond donors (Lipinski definition) is 2. The fourth-order valence-electron chi connectivity index (χ4n) is 1.30. The number of non-ortho nitro benzene ring substituents is 1. The minimum Gasteiger partial charge on any atom is -0.445 e. The van der Waals surface area contributed by atoms with E-state index in [0.29, 0.717) is 0 Å². The Hall–Kier alpha value is -2.20. The van der Waals surface area contributed by atoms with Gasteiger partial charge in [-0.3, -0.25) is 10.1 Å². The Morgan fingerprint density at radius 3 is 2.45 bits per heavy atom. The van der Waals surface area contributed by atoms with E-state index in [2.05, 4.69) is 9.46 Å². The molecule has 1 aromatic rings. The van der Waals surface area contributed by atoms with Gasteiger partial charge in [-0.25, -0.2) is 17.9 Å². The second kappa shape index (κ2) is 6.30. The van der Waals surface area contributed by atoms with Gasteiger partial charge < -0.3 is 10.5 Å². The highest BCUT2D eigenvalue weighted by atomic mass is 32.2. The molecule has 0 saturated heterocycles. The first-order chi connectivity index (χ1) is 9.22. The molecule has 0 aromatic heterocycles. The monoisotopic (exact) mass is 303 g/mol. The van der Waals surface area contributed by atoms with E-state index >= 15 is 0 Å². The molecule has 0 radical (unpaired) electrons. The van der Waals surface area contributed by atoms with Gasteiger partial charge in [-0.2, -0.15) is 0 Å². The molecule has 3 N–H and O–H groups in total. The van der Waals surface area contributed by atoms with E-state index < -0.39 is 27.1 Å². The number of primary amides is 1. The van der Waals surface area contributed by atoms with Crippen LogP contribution < -0.4 is 10.5 Å². The molecule has 1 aromatic carbocycles. The molecule has 10 heteroatoms. The fraction of sp³-hybridized carbons (Fsp3) is 0.300. The van der Waals surface area contributed by atoms with Gasteiger partial charge in [0.1, 0.15) is 6.10 Å². The topological polar surface area (TPSA) is 142 Å². The van der Waals surface area contributed by atoms with Crippen molar-refractivity contribution in [2.75, 3.05) is 6.54 Å². The fourth-order valence-corrected chi connectivity index (χ4v) is 2.41. The minimum absolute atomic E-state index is 0.130. The molecule has 0 spiro atoms. The van der Waals surface area contributed by atoms with Crippen LogP contribution in [0, 0.1) is 10.1 Å². The summed E-state index contributed by atoms with van der Waals surface area (Å²) in [6.07, 6.45) is -1.74. The summed E-state index contributed by atoms with van der Waals surface area (Å²) in [7, 11) is -3.84. The van der Waals surface area contributed by atoms with Crippen molar-refractivity contribution in [3.05, 3.63) is 34.4 Å². The van der Waals surface area contributed by atoms with Gasteiger partial charge in [-0.15, -0.1) is 0 Å². The Labute approximate surface area is 114 Å². The third kappa shape index (κ3) is 4.48. The van der Waals surface area contributed by atoms with Crippen LogP contribution in [0.4, 0.5) is 10.5 Å². The molecular weight excluding hydrogens is 290 g/mol. The summed E-state index contributed by atoms with van der Waals surface area (Å²) in [6.45, 7) is 1.30. The van der Waals surface area contributed by atoms with E-state index in [0.717, 1.165) is 24.3 Å². The van der Waals surface area contributed by atoms with Crippen LogP contribution in [0.3, 0.4) is 0 Å². The predicted molar refractivity (Wildman–Crippen MR) is 68.4 cm³/mol. The minimum atomic E-state index is -3.84. The average Bonchev–Trinajstić information content (AvgIpc) is 2.36. The Morgan fingerprint density at radius 2 is 2.00 bits per heavy atom. The maximum absolute atomic E-state index is 11.9. The van der Waals surface area contributed by atoms with Gasteiger partial charge in [-0.05, 0) is 19.1 Å². The molecule has 9 nitrogen and oxygen atoms in total. The van der Waals surface area contributed by atoms with Crippen LogP contribution in [0.2, 0.25) is 0 Å². The second-order valence-corrected chi connectivity index (χ2v) is 5.62. The molecule has 0 aliphatic heterocycles. The number of amides is 1. The zero-order chi connectivity index (χ0) is 15.3. The number of carbonyl (C=O) groups excluding carboxylic acids is 1. The molecule has 1 unspecified atom stereocenters. The van der Waals surface area contributed by atoms with Gasteiger partial charge in [0.2, 0.25) is 10.0 Å². The predicted octanol–water partition coefficient (Wildman–Crippen LogP) is 0.357. The molecule has 110 valence electrons. The molecule has 1 rings (SSSR count). The number of rotatable bonds is 6. The Morgan fingerprint density at radius 1 is 1.45 bits per heavy atom. The Bertz CT molecular complexity index is 598. The zero-order valence-corrected chi connectivity index (χ0v) is 11.3. The van der Waals surface area contributed by atoms with Gasteiger partial charge >= 0.3 is 6.09 Å². The van der Waals surface area contributed by atoms with Crippen molar-refractivity contribution in [2.45, 2.75) is 17.9 Å². The third-order valence-corrected chi connectivity index (χ3v) is 3.68. The summed E-state index contributed by atoms with van der Waals surface area (Å²) in [6, 6.07) is 4.38. The van der Waals surface area contributed by atoms with E-state index in [9.17, 15) is 23.3 Å². The van der Waals surface area contributed by atoms with Gasteiger partial charge in [0.05, 0.1) is 9.82 Å². The van der Waals surface area contributed by atoms with Crippen LogP contribution in [0.25, 0.3) is 0 Å². The lowest BCUT2D eigenvalue weighted by Gasteiger charge is -2.12. The van der Waals surface area contributed by atoms with Gasteiger partial charge in [0.25, 0.3) is 5.69 Å². The first-order valence-electron chi connectivity index (χ1n) is 5.42. The van der Waals surface area contributed by atoms with Gasteiger partial charge in [-0.1, -0.05) is 0 Å². The number of benzene rings is 1. The molecule has 0 saturated carbocycles. The number of ether oxygens (including phenoxy) is 1. The van der Waals surface area contributed by atoms with E-state index in [4.69, 9.17) is 5.73 Å². The number of nitro benzene ring substituents is 1. The molecule has 1 atom stereocenters. The highest BCUT2D eigenvalue weighted by molar-refractivity contribution is 7.89. The molecule has 20 heavy (non-hydrogen) atoms. The van der Waals surface area contributed by atoms with E-state index in [-0.39, 0.29) is 17.1 Å². The van der Waals surface area contributed by atoms with Crippen LogP contribution in [-0.4, -0.2) is 32.1 Å². The van der Waals surface area contributed by atoms with Crippen LogP contribution in [0.5, 0.6) is 0 Å². The highest BCUT2D eigenvalue weighted by Gasteiger charge is 2.17. The summed E-state index contributed by atoms with van der Waals surface area (Å²) < 4.78 is 30.5.